The fourth-order valence-corrected chi connectivity index (χ4v) is 3.38. The summed E-state index contributed by atoms with van der Waals surface area (Å²) in [6.45, 7) is 7.88. The van der Waals surface area contributed by atoms with Crippen LogP contribution in [0.5, 0.6) is 0 Å². The van der Waals surface area contributed by atoms with Crippen molar-refractivity contribution in [3.05, 3.63) is 11.9 Å². The molecule has 0 spiro atoms. The van der Waals surface area contributed by atoms with Crippen LogP contribution in [0.25, 0.3) is 0 Å². The molecule has 1 N–H and O–H groups in total. The van der Waals surface area contributed by atoms with E-state index < -0.39 is 31.0 Å². The molecule has 0 saturated heterocycles. The average molecular weight is 393 g/mol. The number of hydrogen-bond donors (Lipinski definition) is 1. The molecule has 150 valence electrons. The SMILES string of the molecule is CCOC(=O)C(C/C=C/P(=O)(OCC)OCC)(NC(C)=O)C(=O)OCC. The van der Waals surface area contributed by atoms with Crippen LogP contribution in [0.3, 0.4) is 0 Å². The molecule has 0 aliphatic carbocycles. The van der Waals surface area contributed by atoms with Gasteiger partial charge in [0.2, 0.25) is 11.4 Å². The lowest BCUT2D eigenvalue weighted by molar-refractivity contribution is -0.167. The zero-order valence-corrected chi connectivity index (χ0v) is 16.8. The van der Waals surface area contributed by atoms with Crippen molar-refractivity contribution in [1.29, 1.82) is 0 Å². The smallest absolute Gasteiger partial charge is 0.353 e. The van der Waals surface area contributed by atoms with Crippen LogP contribution in [-0.4, -0.2) is 49.8 Å². The minimum absolute atomic E-state index is 0.000325. The molecule has 0 aliphatic heterocycles. The summed E-state index contributed by atoms with van der Waals surface area (Å²) in [4.78, 5) is 36.4. The van der Waals surface area contributed by atoms with E-state index in [1.807, 2.05) is 0 Å². The third-order valence-corrected chi connectivity index (χ3v) is 4.78. The van der Waals surface area contributed by atoms with Crippen LogP contribution in [0, 0.1) is 0 Å². The van der Waals surface area contributed by atoms with Crippen molar-refractivity contribution >= 4 is 25.4 Å². The number of amides is 1. The van der Waals surface area contributed by atoms with Gasteiger partial charge in [0, 0.05) is 19.2 Å². The second-order valence-corrected chi connectivity index (χ2v) is 6.89. The summed E-state index contributed by atoms with van der Waals surface area (Å²) in [6.07, 6.45) is 0.935. The third kappa shape index (κ3) is 7.27. The standard InChI is InChI=1S/C16H28NO8P/c1-6-22-14(19)16(17-13(5)18,15(20)23-7-2)11-10-12-26(21,24-8-3)25-9-4/h10,12H,6-9,11H2,1-5H3,(H,17,18)/b12-10+. The van der Waals surface area contributed by atoms with Gasteiger partial charge in [0.1, 0.15) is 0 Å². The minimum atomic E-state index is -3.53. The molecule has 0 aliphatic rings. The molecular formula is C16H28NO8P. The van der Waals surface area contributed by atoms with Gasteiger partial charge < -0.3 is 23.8 Å². The van der Waals surface area contributed by atoms with Crippen LogP contribution in [-0.2, 0) is 37.5 Å². The second-order valence-electron chi connectivity index (χ2n) is 4.99. The number of hydrogen-bond acceptors (Lipinski definition) is 8. The van der Waals surface area contributed by atoms with Crippen LogP contribution in [0.2, 0.25) is 0 Å². The summed E-state index contributed by atoms with van der Waals surface area (Å²) in [7, 11) is -3.53. The van der Waals surface area contributed by atoms with Gasteiger partial charge in [-0.15, -0.1) is 0 Å². The largest absolute Gasteiger partial charge is 0.464 e. The quantitative estimate of drug-likeness (QED) is 0.304. The molecule has 1 amide bonds. The zero-order valence-electron chi connectivity index (χ0n) is 15.9. The summed E-state index contributed by atoms with van der Waals surface area (Å²) in [5.41, 5.74) is -2.09. The van der Waals surface area contributed by atoms with Gasteiger partial charge in [-0.05, 0) is 27.7 Å². The molecule has 0 rings (SSSR count). The Balaban J connectivity index is 5.78. The van der Waals surface area contributed by atoms with E-state index in [2.05, 4.69) is 5.32 Å². The van der Waals surface area contributed by atoms with Gasteiger partial charge >= 0.3 is 19.5 Å². The van der Waals surface area contributed by atoms with Gasteiger partial charge in [-0.1, -0.05) is 6.08 Å². The molecule has 0 aromatic carbocycles. The molecule has 0 fully saturated rings. The Morgan fingerprint density at radius 2 is 1.38 bits per heavy atom. The fourth-order valence-electron chi connectivity index (χ4n) is 2.05. The van der Waals surface area contributed by atoms with Crippen LogP contribution in [0.4, 0.5) is 0 Å². The van der Waals surface area contributed by atoms with E-state index in [1.165, 1.54) is 6.08 Å². The minimum Gasteiger partial charge on any atom is -0.464 e. The predicted molar refractivity (Wildman–Crippen MR) is 94.4 cm³/mol. The molecule has 0 unspecified atom stereocenters. The van der Waals surface area contributed by atoms with Crippen molar-refractivity contribution in [2.24, 2.45) is 0 Å². The van der Waals surface area contributed by atoms with Gasteiger partial charge in [0.05, 0.1) is 26.4 Å². The molecule has 0 atom stereocenters. The first-order valence-electron chi connectivity index (χ1n) is 8.40. The lowest BCUT2D eigenvalue weighted by Gasteiger charge is -2.28. The summed E-state index contributed by atoms with van der Waals surface area (Å²) in [5, 5.41) is 2.30. The van der Waals surface area contributed by atoms with E-state index in [9.17, 15) is 18.9 Å². The molecule has 10 heteroatoms. The Morgan fingerprint density at radius 1 is 0.923 bits per heavy atom. The van der Waals surface area contributed by atoms with E-state index >= 15 is 0 Å². The van der Waals surface area contributed by atoms with Crippen molar-refractivity contribution in [1.82, 2.24) is 5.32 Å². The molecule has 0 bridgehead atoms. The van der Waals surface area contributed by atoms with Crippen molar-refractivity contribution in [2.75, 3.05) is 26.4 Å². The van der Waals surface area contributed by atoms with Gasteiger partial charge in [-0.3, -0.25) is 9.36 Å². The van der Waals surface area contributed by atoms with Crippen molar-refractivity contribution in [2.45, 2.75) is 46.6 Å². The van der Waals surface area contributed by atoms with E-state index in [0.717, 1.165) is 12.7 Å². The van der Waals surface area contributed by atoms with Crippen LogP contribution in [0.15, 0.2) is 11.9 Å². The highest BCUT2D eigenvalue weighted by molar-refractivity contribution is 7.57. The predicted octanol–water partition coefficient (Wildman–Crippen LogP) is 2.16. The summed E-state index contributed by atoms with van der Waals surface area (Å²) in [6, 6.07) is 0. The highest BCUT2D eigenvalue weighted by Crippen LogP contribution is 2.49. The van der Waals surface area contributed by atoms with Gasteiger partial charge in [-0.2, -0.15) is 0 Å². The van der Waals surface area contributed by atoms with Crippen LogP contribution >= 0.6 is 7.60 Å². The van der Waals surface area contributed by atoms with E-state index in [0.29, 0.717) is 0 Å². The van der Waals surface area contributed by atoms with Gasteiger partial charge in [-0.25, -0.2) is 9.59 Å². The number of carbonyl (C=O) groups excluding carboxylic acids is 3. The number of esters is 2. The number of carbonyl (C=O) groups is 3. The lowest BCUT2D eigenvalue weighted by Crippen LogP contribution is -2.60. The Kier molecular flexibility index (Phi) is 11.1. The maximum absolute atomic E-state index is 12.5. The molecule has 0 radical (unpaired) electrons. The molecule has 9 nitrogen and oxygen atoms in total. The Labute approximate surface area is 153 Å². The van der Waals surface area contributed by atoms with Gasteiger partial charge in [0.15, 0.2) is 0 Å². The van der Waals surface area contributed by atoms with Gasteiger partial charge in [0.25, 0.3) is 0 Å². The molecule has 0 aromatic heterocycles. The van der Waals surface area contributed by atoms with Crippen molar-refractivity contribution in [3.63, 3.8) is 0 Å². The summed E-state index contributed by atoms with van der Waals surface area (Å²) < 4.78 is 32.5. The first-order valence-corrected chi connectivity index (χ1v) is 10.0. The number of rotatable bonds is 12. The Hall–Kier alpha value is -1.70. The molecule has 0 aromatic rings. The lowest BCUT2D eigenvalue weighted by atomic mass is 9.95. The molecule has 0 saturated carbocycles. The van der Waals surface area contributed by atoms with E-state index in [4.69, 9.17) is 18.5 Å². The highest BCUT2D eigenvalue weighted by Gasteiger charge is 2.49. The van der Waals surface area contributed by atoms with Crippen molar-refractivity contribution < 1.29 is 37.5 Å². The fraction of sp³-hybridized carbons (Fsp3) is 0.688. The van der Waals surface area contributed by atoms with E-state index in [-0.39, 0.29) is 32.8 Å². The maximum Gasteiger partial charge on any atom is 0.353 e. The topological polar surface area (TPSA) is 117 Å². The molecule has 26 heavy (non-hydrogen) atoms. The highest BCUT2D eigenvalue weighted by atomic mass is 31.2. The Morgan fingerprint density at radius 3 is 1.73 bits per heavy atom. The van der Waals surface area contributed by atoms with Crippen LogP contribution < -0.4 is 5.32 Å². The summed E-state index contributed by atoms with van der Waals surface area (Å²) in [5.74, 6) is -1.42. The monoisotopic (exact) mass is 393 g/mol. The second kappa shape index (κ2) is 11.8. The normalized spacial score (nSPS) is 12.0. The maximum atomic E-state index is 12.5. The molecule has 0 heterocycles. The zero-order chi connectivity index (χ0) is 20.2. The first-order chi connectivity index (χ1) is 12.2. The molecular weight excluding hydrogens is 365 g/mol. The average Bonchev–Trinajstić information content (AvgIpc) is 2.54. The number of ether oxygens (including phenoxy) is 2. The van der Waals surface area contributed by atoms with Crippen LogP contribution in [0.1, 0.15) is 41.0 Å². The Bertz CT molecular complexity index is 532. The third-order valence-electron chi connectivity index (χ3n) is 2.97. The van der Waals surface area contributed by atoms with E-state index in [1.54, 1.807) is 27.7 Å². The number of nitrogens with one attached hydrogen (secondary N) is 1. The van der Waals surface area contributed by atoms with Crippen molar-refractivity contribution in [3.8, 4) is 0 Å². The first kappa shape index (κ1) is 24.3. The summed E-state index contributed by atoms with van der Waals surface area (Å²) >= 11 is 0.